The van der Waals surface area contributed by atoms with Gasteiger partial charge in [-0.1, -0.05) is 12.8 Å². The Balaban J connectivity index is 2.00. The molecule has 2 amide bonds. The fourth-order valence-electron chi connectivity index (χ4n) is 2.64. The van der Waals surface area contributed by atoms with E-state index in [1.807, 2.05) is 0 Å². The third kappa shape index (κ3) is 2.13. The number of piperazine rings is 1. The average molecular weight is 210 g/mol. The molecule has 2 rings (SSSR count). The molecule has 1 heterocycles. The van der Waals surface area contributed by atoms with Gasteiger partial charge in [0.25, 0.3) is 0 Å². The summed E-state index contributed by atoms with van der Waals surface area (Å²) in [5, 5.41) is 2.58. The van der Waals surface area contributed by atoms with E-state index in [1.165, 1.54) is 25.7 Å². The van der Waals surface area contributed by atoms with Crippen molar-refractivity contribution in [2.45, 2.75) is 38.6 Å². The van der Waals surface area contributed by atoms with Crippen LogP contribution in [0.4, 0.5) is 0 Å². The lowest BCUT2D eigenvalue weighted by Crippen LogP contribution is -2.55. The van der Waals surface area contributed by atoms with Crippen molar-refractivity contribution >= 4 is 11.8 Å². The van der Waals surface area contributed by atoms with Crippen molar-refractivity contribution in [3.05, 3.63) is 0 Å². The minimum absolute atomic E-state index is 0.0283. The van der Waals surface area contributed by atoms with E-state index in [0.717, 1.165) is 0 Å². The van der Waals surface area contributed by atoms with Crippen molar-refractivity contribution < 1.29 is 9.59 Å². The maximum absolute atomic E-state index is 11.6. The highest BCUT2D eigenvalue weighted by Gasteiger charge is 2.32. The van der Waals surface area contributed by atoms with Crippen LogP contribution in [-0.2, 0) is 9.59 Å². The summed E-state index contributed by atoms with van der Waals surface area (Å²) in [7, 11) is 0. The van der Waals surface area contributed by atoms with Crippen molar-refractivity contribution in [3.8, 4) is 0 Å². The zero-order valence-corrected chi connectivity index (χ0v) is 9.16. The molecule has 1 unspecified atom stereocenters. The van der Waals surface area contributed by atoms with E-state index >= 15 is 0 Å². The molecule has 4 heteroatoms. The van der Waals surface area contributed by atoms with Gasteiger partial charge >= 0.3 is 0 Å². The first-order valence-corrected chi connectivity index (χ1v) is 5.74. The zero-order chi connectivity index (χ0) is 10.8. The summed E-state index contributed by atoms with van der Waals surface area (Å²) in [5.74, 6) is 0.633. The molecule has 0 spiro atoms. The second-order valence-electron chi connectivity index (χ2n) is 4.58. The van der Waals surface area contributed by atoms with Gasteiger partial charge in [0.2, 0.25) is 11.8 Å². The first kappa shape index (κ1) is 10.5. The molecule has 0 aromatic heterocycles. The summed E-state index contributed by atoms with van der Waals surface area (Å²) in [6.45, 7) is 2.50. The van der Waals surface area contributed by atoms with Gasteiger partial charge in [0.05, 0.1) is 13.1 Å². The molecule has 0 radical (unpaired) electrons. The number of amides is 2. The monoisotopic (exact) mass is 210 g/mol. The Morgan fingerprint density at radius 3 is 2.67 bits per heavy atom. The lowest BCUT2D eigenvalue weighted by atomic mass is 9.97. The van der Waals surface area contributed by atoms with E-state index in [1.54, 1.807) is 4.90 Å². The van der Waals surface area contributed by atoms with Gasteiger partial charge in [0.15, 0.2) is 0 Å². The number of carbonyl (C=O) groups is 2. The molecular weight excluding hydrogens is 192 g/mol. The van der Waals surface area contributed by atoms with Crippen LogP contribution >= 0.6 is 0 Å². The van der Waals surface area contributed by atoms with Crippen LogP contribution in [-0.4, -0.2) is 35.8 Å². The number of nitrogens with one attached hydrogen (secondary N) is 1. The lowest BCUT2D eigenvalue weighted by molar-refractivity contribution is -0.143. The summed E-state index contributed by atoms with van der Waals surface area (Å²) in [6, 6.07) is 0.228. The van der Waals surface area contributed by atoms with Crippen molar-refractivity contribution in [1.29, 1.82) is 0 Å². The van der Waals surface area contributed by atoms with Crippen LogP contribution in [0.15, 0.2) is 0 Å². The summed E-state index contributed by atoms with van der Waals surface area (Å²) in [4.78, 5) is 24.6. The first-order chi connectivity index (χ1) is 7.18. The van der Waals surface area contributed by atoms with Crippen LogP contribution in [0.2, 0.25) is 0 Å². The molecule has 2 fully saturated rings. The zero-order valence-electron chi connectivity index (χ0n) is 9.16. The number of hydrogen-bond donors (Lipinski definition) is 1. The SMILES string of the molecule is CC(C1CCCC1)N1CC(=O)NCC1=O. The molecule has 1 aliphatic carbocycles. The largest absolute Gasteiger partial charge is 0.345 e. The smallest absolute Gasteiger partial charge is 0.242 e. The minimum atomic E-state index is -0.0283. The Morgan fingerprint density at radius 1 is 1.33 bits per heavy atom. The van der Waals surface area contributed by atoms with Gasteiger partial charge in [-0.3, -0.25) is 9.59 Å². The van der Waals surface area contributed by atoms with Crippen LogP contribution in [0.3, 0.4) is 0 Å². The fourth-order valence-corrected chi connectivity index (χ4v) is 2.64. The van der Waals surface area contributed by atoms with Gasteiger partial charge in [-0.05, 0) is 25.7 Å². The third-order valence-corrected chi connectivity index (χ3v) is 3.64. The van der Waals surface area contributed by atoms with Gasteiger partial charge in [-0.25, -0.2) is 0 Å². The fraction of sp³-hybridized carbons (Fsp3) is 0.818. The summed E-state index contributed by atoms with van der Waals surface area (Å²) >= 11 is 0. The lowest BCUT2D eigenvalue weighted by Gasteiger charge is -2.35. The normalized spacial score (nSPS) is 25.5. The van der Waals surface area contributed by atoms with Gasteiger partial charge in [0.1, 0.15) is 0 Å². The third-order valence-electron chi connectivity index (χ3n) is 3.64. The average Bonchev–Trinajstić information content (AvgIpc) is 2.74. The van der Waals surface area contributed by atoms with Gasteiger partial charge in [0, 0.05) is 6.04 Å². The Hall–Kier alpha value is -1.06. The second-order valence-corrected chi connectivity index (χ2v) is 4.58. The Kier molecular flexibility index (Phi) is 2.93. The molecule has 0 aromatic rings. The standard InChI is InChI=1S/C11H18N2O2/c1-8(9-4-2-3-5-9)13-7-10(14)12-6-11(13)15/h8-9H,2-7H2,1H3,(H,12,14). The molecular formula is C11H18N2O2. The Bertz CT molecular complexity index is 272. The molecule has 1 saturated heterocycles. The molecule has 2 aliphatic rings. The number of rotatable bonds is 2. The van der Waals surface area contributed by atoms with Gasteiger partial charge in [-0.15, -0.1) is 0 Å². The van der Waals surface area contributed by atoms with Crippen LogP contribution in [0.1, 0.15) is 32.6 Å². The molecule has 1 aliphatic heterocycles. The highest BCUT2D eigenvalue weighted by atomic mass is 16.2. The van der Waals surface area contributed by atoms with E-state index in [9.17, 15) is 9.59 Å². The summed E-state index contributed by atoms with van der Waals surface area (Å²) < 4.78 is 0. The molecule has 84 valence electrons. The maximum Gasteiger partial charge on any atom is 0.242 e. The molecule has 1 saturated carbocycles. The number of hydrogen-bond acceptors (Lipinski definition) is 2. The highest BCUT2D eigenvalue weighted by Crippen LogP contribution is 2.30. The molecule has 0 bridgehead atoms. The van der Waals surface area contributed by atoms with Crippen molar-refractivity contribution in [2.75, 3.05) is 13.1 Å². The Morgan fingerprint density at radius 2 is 2.00 bits per heavy atom. The number of nitrogens with zero attached hydrogens (tertiary/aromatic N) is 1. The van der Waals surface area contributed by atoms with E-state index in [2.05, 4.69) is 12.2 Å². The minimum Gasteiger partial charge on any atom is -0.345 e. The van der Waals surface area contributed by atoms with E-state index in [-0.39, 0.29) is 30.9 Å². The van der Waals surface area contributed by atoms with Gasteiger partial charge in [-0.2, -0.15) is 0 Å². The predicted octanol–water partition coefficient (Wildman–Crippen LogP) is 0.523. The van der Waals surface area contributed by atoms with Crippen LogP contribution < -0.4 is 5.32 Å². The molecule has 1 N–H and O–H groups in total. The summed E-state index contributed by atoms with van der Waals surface area (Å²) in [6.07, 6.45) is 4.94. The van der Waals surface area contributed by atoms with E-state index in [0.29, 0.717) is 5.92 Å². The van der Waals surface area contributed by atoms with Crippen molar-refractivity contribution in [2.24, 2.45) is 5.92 Å². The van der Waals surface area contributed by atoms with Gasteiger partial charge < -0.3 is 10.2 Å². The van der Waals surface area contributed by atoms with E-state index in [4.69, 9.17) is 0 Å². The molecule has 4 nitrogen and oxygen atoms in total. The first-order valence-electron chi connectivity index (χ1n) is 5.74. The second kappa shape index (κ2) is 4.21. The topological polar surface area (TPSA) is 49.4 Å². The van der Waals surface area contributed by atoms with E-state index < -0.39 is 0 Å². The molecule has 15 heavy (non-hydrogen) atoms. The van der Waals surface area contributed by atoms with Crippen molar-refractivity contribution in [3.63, 3.8) is 0 Å². The highest BCUT2D eigenvalue weighted by molar-refractivity contribution is 5.92. The van der Waals surface area contributed by atoms with Crippen LogP contribution in [0, 0.1) is 5.92 Å². The van der Waals surface area contributed by atoms with Crippen molar-refractivity contribution in [1.82, 2.24) is 10.2 Å². The predicted molar refractivity (Wildman–Crippen MR) is 56.1 cm³/mol. The molecule has 1 atom stereocenters. The van der Waals surface area contributed by atoms with Crippen LogP contribution in [0.5, 0.6) is 0 Å². The number of carbonyl (C=O) groups excluding carboxylic acids is 2. The summed E-state index contributed by atoms with van der Waals surface area (Å²) in [5.41, 5.74) is 0. The quantitative estimate of drug-likeness (QED) is 0.722. The Labute approximate surface area is 90.0 Å². The van der Waals surface area contributed by atoms with Crippen LogP contribution in [0.25, 0.3) is 0 Å². The molecule has 0 aromatic carbocycles. The maximum atomic E-state index is 11.6.